The molecule has 0 saturated carbocycles. The Balaban J connectivity index is 0.000000195. The fraction of sp³-hybridized carbons (Fsp3) is 0.412. The number of carboxylic acid groups (broad SMARTS) is 1. The number of fused-ring (bicyclic) bond motifs is 4. The Morgan fingerprint density at radius 2 is 1.01 bits per heavy atom. The number of thiazole rings is 2. The molecule has 6 heterocycles. The lowest BCUT2D eigenvalue weighted by molar-refractivity contribution is -0.137. The maximum Gasteiger partial charge on any atom is 0.410 e. The number of amides is 5. The molecule has 0 fully saturated rings. The van der Waals surface area contributed by atoms with Crippen LogP contribution >= 0.6 is 45.3 Å². The van der Waals surface area contributed by atoms with Gasteiger partial charge in [-0.3, -0.25) is 9.59 Å². The number of rotatable bonds is 17. The highest BCUT2D eigenvalue weighted by Gasteiger charge is 2.34. The Kier molecular flexibility index (Phi) is 23.6. The molecule has 0 spiro atoms. The van der Waals surface area contributed by atoms with Gasteiger partial charge in [0.1, 0.15) is 39.4 Å². The first-order chi connectivity index (χ1) is 43.4. The standard InChI is InChI=1S/C34H40N4O5S2.C19H21N3O2S2.C15H21NO4/c1-6-22(2)38(33(41)42-21-23-12-8-7-9-13-23)19-17-28(39)36-31-29(30-35-25-14-10-11-15-26(25)44-30)24-16-18-37(20-27(24)45-31)32(40)43-34(3,4)5;1-19(2,3)24-18(23)22-9-8-11-14(10-22)25-16(20)15(11)17-21-12-6-4-5-7-13(12)26-17;1-3-12(2)16(10-9-14(17)18)15(19)20-11-13-7-5-4-6-8-13/h7-15,22H,6,16-21H2,1-5H3,(H,36,39);4-7H,8-10,20H2,1-3H3;4-8,12H,3,9-11H2,1-2H3,(H,17,18). The number of benzene rings is 4. The summed E-state index contributed by atoms with van der Waals surface area (Å²) >= 11 is 6.28. The molecule has 91 heavy (non-hydrogen) atoms. The van der Waals surface area contributed by atoms with E-state index < -0.39 is 29.4 Å². The summed E-state index contributed by atoms with van der Waals surface area (Å²) in [6.07, 6.45) is 1.38. The maximum atomic E-state index is 13.4. The number of ether oxygens (including phenoxy) is 4. The number of anilines is 2. The highest BCUT2D eigenvalue weighted by molar-refractivity contribution is 7.23. The number of carbonyl (C=O) groups is 6. The molecule has 8 aromatic rings. The number of nitrogen functional groups attached to an aromatic ring is 1. The molecule has 0 bridgehead atoms. The van der Waals surface area contributed by atoms with Gasteiger partial charge in [-0.05, 0) is 128 Å². The second-order valence-electron chi connectivity index (χ2n) is 24.2. The number of nitrogens with zero attached hydrogens (tertiary/aromatic N) is 6. The van der Waals surface area contributed by atoms with E-state index in [9.17, 15) is 28.8 Å². The van der Waals surface area contributed by atoms with Crippen molar-refractivity contribution in [1.82, 2.24) is 29.6 Å². The van der Waals surface area contributed by atoms with Crippen LogP contribution in [0.5, 0.6) is 0 Å². The molecular formula is C68H82N8O11S4. The Morgan fingerprint density at radius 3 is 1.45 bits per heavy atom. The molecule has 484 valence electrons. The third-order valence-electron chi connectivity index (χ3n) is 15.0. The van der Waals surface area contributed by atoms with Gasteiger partial charge in [0.2, 0.25) is 5.91 Å². The lowest BCUT2D eigenvalue weighted by atomic mass is 10.0. The summed E-state index contributed by atoms with van der Waals surface area (Å²) in [5.41, 5.74) is 13.3. The predicted molar refractivity (Wildman–Crippen MR) is 363 cm³/mol. The van der Waals surface area contributed by atoms with Crippen LogP contribution in [-0.4, -0.2) is 120 Å². The molecule has 10 rings (SSSR count). The first-order valence-corrected chi connectivity index (χ1v) is 33.8. The zero-order valence-electron chi connectivity index (χ0n) is 53.4. The van der Waals surface area contributed by atoms with Crippen molar-refractivity contribution < 1.29 is 52.8 Å². The average molecular weight is 1320 g/mol. The fourth-order valence-electron chi connectivity index (χ4n) is 9.96. The number of carbonyl (C=O) groups excluding carboxylic acids is 5. The number of hydrogen-bond donors (Lipinski definition) is 3. The van der Waals surface area contributed by atoms with Crippen LogP contribution < -0.4 is 11.1 Å². The van der Waals surface area contributed by atoms with Crippen molar-refractivity contribution in [2.45, 2.75) is 157 Å². The molecule has 0 aliphatic carbocycles. The molecule has 19 nitrogen and oxygen atoms in total. The van der Waals surface area contributed by atoms with Crippen LogP contribution in [0.4, 0.5) is 29.2 Å². The normalized spacial score (nSPS) is 13.5. The zero-order valence-corrected chi connectivity index (χ0v) is 56.6. The van der Waals surface area contributed by atoms with Crippen LogP contribution in [-0.2, 0) is 67.7 Å². The highest BCUT2D eigenvalue weighted by atomic mass is 32.1. The van der Waals surface area contributed by atoms with E-state index >= 15 is 0 Å². The summed E-state index contributed by atoms with van der Waals surface area (Å²) in [6.45, 7) is 21.9. The molecule has 0 radical (unpaired) electrons. The van der Waals surface area contributed by atoms with Gasteiger partial charge in [-0.2, -0.15) is 0 Å². The van der Waals surface area contributed by atoms with Gasteiger partial charge in [0.05, 0.1) is 44.9 Å². The van der Waals surface area contributed by atoms with Gasteiger partial charge < -0.3 is 54.7 Å². The second kappa shape index (κ2) is 31.3. The molecule has 23 heteroatoms. The number of aromatic nitrogens is 2. The monoisotopic (exact) mass is 1310 g/mol. The van der Waals surface area contributed by atoms with Crippen LogP contribution in [0.2, 0.25) is 0 Å². The number of hydrogen-bond acceptors (Lipinski definition) is 17. The summed E-state index contributed by atoms with van der Waals surface area (Å²) in [6, 6.07) is 34.9. The van der Waals surface area contributed by atoms with E-state index in [1.165, 1.54) is 21.8 Å². The highest BCUT2D eigenvalue weighted by Crippen LogP contribution is 2.47. The summed E-state index contributed by atoms with van der Waals surface area (Å²) in [4.78, 5) is 92.8. The molecule has 2 aliphatic heterocycles. The average Bonchev–Trinajstić information content (AvgIpc) is 1.66. The summed E-state index contributed by atoms with van der Waals surface area (Å²) < 4.78 is 24.2. The van der Waals surface area contributed by atoms with Gasteiger partial charge >= 0.3 is 30.3 Å². The van der Waals surface area contributed by atoms with Crippen molar-refractivity contribution in [3.05, 3.63) is 141 Å². The van der Waals surface area contributed by atoms with E-state index in [2.05, 4.69) is 11.4 Å². The SMILES string of the molecule is CC(C)(C)OC(=O)N1CCc2c(sc(N)c2-c2nc3ccccc3s2)C1.CCC(C)N(CCC(=O)Nc1sc2c(c1-c1nc3ccccc3s1)CCN(C(=O)OC(C)(C)C)C2)C(=O)OCc1ccccc1.CCC(C)N(CCC(=O)O)C(=O)OCc1ccccc1. The minimum absolute atomic E-state index is 0.0439. The Morgan fingerprint density at radius 1 is 0.593 bits per heavy atom. The van der Waals surface area contributed by atoms with Gasteiger partial charge in [0.25, 0.3) is 0 Å². The third-order valence-corrected chi connectivity index (χ3v) is 19.3. The van der Waals surface area contributed by atoms with Crippen LogP contribution in [0, 0.1) is 0 Å². The van der Waals surface area contributed by atoms with E-state index in [-0.39, 0.29) is 69.3 Å². The smallest absolute Gasteiger partial charge is 0.410 e. The quantitative estimate of drug-likeness (QED) is 0.0719. The van der Waals surface area contributed by atoms with E-state index in [0.29, 0.717) is 37.6 Å². The Hall–Kier alpha value is -8.12. The van der Waals surface area contributed by atoms with Crippen molar-refractivity contribution in [1.29, 1.82) is 0 Å². The number of nitrogens with one attached hydrogen (secondary N) is 1. The fourth-order valence-corrected chi connectivity index (χ4v) is 14.6. The minimum atomic E-state index is -0.922. The van der Waals surface area contributed by atoms with E-state index in [4.69, 9.17) is 39.8 Å². The molecule has 5 amide bonds. The molecule has 2 unspecified atom stereocenters. The first-order valence-electron chi connectivity index (χ1n) is 30.6. The minimum Gasteiger partial charge on any atom is -0.481 e. The van der Waals surface area contributed by atoms with Crippen molar-refractivity contribution >= 4 is 112 Å². The Labute approximate surface area is 548 Å². The molecule has 2 aliphatic rings. The van der Waals surface area contributed by atoms with Crippen molar-refractivity contribution in [2.75, 3.05) is 37.2 Å². The lowest BCUT2D eigenvalue weighted by Gasteiger charge is -2.30. The summed E-state index contributed by atoms with van der Waals surface area (Å²) in [5.74, 6) is -1.13. The topological polar surface area (TPSA) is 236 Å². The third kappa shape index (κ3) is 19.0. The van der Waals surface area contributed by atoms with Crippen LogP contribution in [0.15, 0.2) is 109 Å². The van der Waals surface area contributed by atoms with E-state index in [1.54, 1.807) is 48.7 Å². The summed E-state index contributed by atoms with van der Waals surface area (Å²) in [5, 5.41) is 15.1. The van der Waals surface area contributed by atoms with Gasteiger partial charge in [0, 0.05) is 65.6 Å². The van der Waals surface area contributed by atoms with Gasteiger partial charge in [0.15, 0.2) is 0 Å². The summed E-state index contributed by atoms with van der Waals surface area (Å²) in [7, 11) is 0. The number of aliphatic carboxylic acids is 1. The molecule has 0 saturated heterocycles. The number of carboxylic acids is 1. The van der Waals surface area contributed by atoms with Crippen molar-refractivity contribution in [2.24, 2.45) is 0 Å². The maximum absolute atomic E-state index is 13.4. The van der Waals surface area contributed by atoms with Crippen molar-refractivity contribution in [3.63, 3.8) is 0 Å². The lowest BCUT2D eigenvalue weighted by Crippen LogP contribution is -2.40. The van der Waals surface area contributed by atoms with Gasteiger partial charge in [-0.1, -0.05) is 98.8 Å². The first kappa shape index (κ1) is 68.8. The van der Waals surface area contributed by atoms with Gasteiger partial charge in [-0.15, -0.1) is 45.3 Å². The molecule has 4 aromatic carbocycles. The molecule has 4 aromatic heterocycles. The number of para-hydroxylation sites is 2. The zero-order chi connectivity index (χ0) is 65.6. The van der Waals surface area contributed by atoms with Gasteiger partial charge in [-0.25, -0.2) is 29.1 Å². The van der Waals surface area contributed by atoms with E-state index in [1.807, 2.05) is 172 Å². The molecule has 2 atom stereocenters. The number of nitrogens with two attached hydrogens (primary N) is 1. The second-order valence-corrected chi connectivity index (χ2v) is 28.5. The molecule has 4 N–H and O–H groups in total. The number of thiophene rings is 2. The predicted octanol–water partition coefficient (Wildman–Crippen LogP) is 15.9. The van der Waals surface area contributed by atoms with Crippen LogP contribution in [0.1, 0.15) is 127 Å². The van der Waals surface area contributed by atoms with Crippen LogP contribution in [0.3, 0.4) is 0 Å². The Bertz CT molecular complexity index is 3730. The van der Waals surface area contributed by atoms with Crippen molar-refractivity contribution in [3.8, 4) is 21.1 Å². The largest absolute Gasteiger partial charge is 0.481 e. The van der Waals surface area contributed by atoms with E-state index in [0.717, 1.165) is 92.3 Å². The molecular weight excluding hydrogens is 1230 g/mol. The van der Waals surface area contributed by atoms with Crippen LogP contribution in [0.25, 0.3) is 41.6 Å².